The average Bonchev–Trinajstić information content (AvgIpc) is 3.12. The smallest absolute Gasteiger partial charge is 0.193 e. The number of benzene rings is 1. The second-order valence-corrected chi connectivity index (χ2v) is 7.38. The Balaban J connectivity index is 0.00000225. The number of nitrogens with one attached hydrogen (secondary N) is 2. The van der Waals surface area contributed by atoms with Crippen molar-refractivity contribution in [3.05, 3.63) is 30.1 Å². The van der Waals surface area contributed by atoms with Gasteiger partial charge in [0.2, 0.25) is 0 Å². The van der Waals surface area contributed by atoms with Crippen molar-refractivity contribution in [2.45, 2.75) is 40.0 Å². The summed E-state index contributed by atoms with van der Waals surface area (Å²) in [5.74, 6) is 2.12. The van der Waals surface area contributed by atoms with E-state index in [4.69, 9.17) is 4.99 Å². The molecule has 1 aliphatic heterocycles. The largest absolute Gasteiger partial charge is 0.357 e. The van der Waals surface area contributed by atoms with Gasteiger partial charge in [0.1, 0.15) is 5.82 Å². The SMILES string of the molecule is CCNC(=NCCCc1nc2ccccc2[nH]1)N1CCC(C)(C)C1.I. The number of H-pyrrole nitrogens is 1. The number of guanidine groups is 1. The first-order valence-corrected chi connectivity index (χ1v) is 9.04. The maximum absolute atomic E-state index is 4.82. The Kier molecular flexibility index (Phi) is 7.10. The molecule has 0 bridgehead atoms. The van der Waals surface area contributed by atoms with E-state index in [1.54, 1.807) is 0 Å². The quantitative estimate of drug-likeness (QED) is 0.312. The van der Waals surface area contributed by atoms with Gasteiger partial charge in [-0.1, -0.05) is 26.0 Å². The van der Waals surface area contributed by atoms with Gasteiger partial charge in [0.25, 0.3) is 0 Å². The van der Waals surface area contributed by atoms with Crippen LogP contribution in [0.2, 0.25) is 0 Å². The van der Waals surface area contributed by atoms with Crippen molar-refractivity contribution in [1.29, 1.82) is 0 Å². The predicted octanol–water partition coefficient (Wildman–Crippen LogP) is 3.81. The van der Waals surface area contributed by atoms with Crippen molar-refractivity contribution in [2.24, 2.45) is 10.4 Å². The molecule has 0 amide bonds. The van der Waals surface area contributed by atoms with Crippen molar-refractivity contribution in [3.63, 3.8) is 0 Å². The Morgan fingerprint density at radius 1 is 1.36 bits per heavy atom. The van der Waals surface area contributed by atoms with Crippen LogP contribution in [0, 0.1) is 5.41 Å². The fourth-order valence-electron chi connectivity index (χ4n) is 3.27. The Morgan fingerprint density at radius 2 is 2.16 bits per heavy atom. The van der Waals surface area contributed by atoms with Crippen molar-refractivity contribution in [2.75, 3.05) is 26.2 Å². The number of aryl methyl sites for hydroxylation is 1. The molecule has 0 spiro atoms. The summed E-state index contributed by atoms with van der Waals surface area (Å²) >= 11 is 0. The summed E-state index contributed by atoms with van der Waals surface area (Å²) in [6.07, 6.45) is 3.17. The number of imidazole rings is 1. The van der Waals surface area contributed by atoms with E-state index in [0.29, 0.717) is 5.41 Å². The molecule has 0 atom stereocenters. The molecule has 0 radical (unpaired) electrons. The minimum Gasteiger partial charge on any atom is -0.357 e. The van der Waals surface area contributed by atoms with E-state index in [1.165, 1.54) is 6.42 Å². The molecule has 3 rings (SSSR count). The third-order valence-electron chi connectivity index (χ3n) is 4.58. The first-order chi connectivity index (χ1) is 11.6. The summed E-state index contributed by atoms with van der Waals surface area (Å²) in [7, 11) is 0. The Bertz CT molecular complexity index is 674. The molecule has 1 aliphatic rings. The number of nitrogens with zero attached hydrogens (tertiary/aromatic N) is 3. The van der Waals surface area contributed by atoms with E-state index in [1.807, 2.05) is 18.2 Å². The third-order valence-corrected chi connectivity index (χ3v) is 4.58. The van der Waals surface area contributed by atoms with Gasteiger partial charge in [0.15, 0.2) is 5.96 Å². The van der Waals surface area contributed by atoms with Crippen LogP contribution in [0.25, 0.3) is 11.0 Å². The zero-order chi connectivity index (χ0) is 17.0. The van der Waals surface area contributed by atoms with Crippen molar-refractivity contribution < 1.29 is 0 Å². The maximum atomic E-state index is 4.82. The molecular formula is C19H30IN5. The van der Waals surface area contributed by atoms with Crippen molar-refractivity contribution in [3.8, 4) is 0 Å². The summed E-state index contributed by atoms with van der Waals surface area (Å²) in [6.45, 7) is 10.7. The maximum Gasteiger partial charge on any atom is 0.193 e. The second-order valence-electron chi connectivity index (χ2n) is 7.38. The van der Waals surface area contributed by atoms with Crippen LogP contribution in [0.15, 0.2) is 29.3 Å². The van der Waals surface area contributed by atoms with E-state index >= 15 is 0 Å². The average molecular weight is 455 g/mol. The molecule has 1 saturated heterocycles. The van der Waals surface area contributed by atoms with E-state index in [-0.39, 0.29) is 24.0 Å². The summed E-state index contributed by atoms with van der Waals surface area (Å²) in [5.41, 5.74) is 2.55. The predicted molar refractivity (Wildman–Crippen MR) is 116 cm³/mol. The molecule has 0 saturated carbocycles. The standard InChI is InChI=1S/C19H29N5.HI/c1-4-20-18(24-13-11-19(2,3)14-24)21-12-7-10-17-22-15-8-5-6-9-16(15)23-17;/h5-6,8-9H,4,7,10-14H2,1-3H3,(H,20,21)(H,22,23);1H. The zero-order valence-corrected chi connectivity index (χ0v) is 17.8. The molecule has 1 aromatic carbocycles. The number of hydrogen-bond acceptors (Lipinski definition) is 2. The number of fused-ring (bicyclic) bond motifs is 1. The fraction of sp³-hybridized carbons (Fsp3) is 0.579. The number of aromatic amines is 1. The van der Waals surface area contributed by atoms with Crippen LogP contribution >= 0.6 is 24.0 Å². The van der Waals surface area contributed by atoms with Gasteiger partial charge in [-0.15, -0.1) is 24.0 Å². The van der Waals surface area contributed by atoms with E-state index in [2.05, 4.69) is 47.0 Å². The lowest BCUT2D eigenvalue weighted by Gasteiger charge is -2.23. The first-order valence-electron chi connectivity index (χ1n) is 9.04. The summed E-state index contributed by atoms with van der Waals surface area (Å²) in [6, 6.07) is 8.18. The molecule has 2 N–H and O–H groups in total. The lowest BCUT2D eigenvalue weighted by Crippen LogP contribution is -2.40. The molecular weight excluding hydrogens is 425 g/mol. The minimum absolute atomic E-state index is 0. The number of rotatable bonds is 5. The van der Waals surface area contributed by atoms with Crippen LogP contribution in [0.1, 0.15) is 39.4 Å². The highest BCUT2D eigenvalue weighted by Gasteiger charge is 2.30. The van der Waals surface area contributed by atoms with Crippen LogP contribution in [0.5, 0.6) is 0 Å². The summed E-state index contributed by atoms with van der Waals surface area (Å²) in [5, 5.41) is 3.43. The lowest BCUT2D eigenvalue weighted by molar-refractivity contribution is 0.370. The van der Waals surface area contributed by atoms with E-state index < -0.39 is 0 Å². The monoisotopic (exact) mass is 455 g/mol. The van der Waals surface area contributed by atoms with Crippen LogP contribution in [-0.4, -0.2) is 47.0 Å². The first kappa shape index (κ1) is 20.0. The van der Waals surface area contributed by atoms with Gasteiger partial charge in [0, 0.05) is 32.6 Å². The van der Waals surface area contributed by atoms with Gasteiger partial charge in [0.05, 0.1) is 11.0 Å². The van der Waals surface area contributed by atoms with Crippen LogP contribution in [0.4, 0.5) is 0 Å². The van der Waals surface area contributed by atoms with Crippen LogP contribution in [-0.2, 0) is 6.42 Å². The van der Waals surface area contributed by atoms with Crippen LogP contribution < -0.4 is 5.32 Å². The molecule has 6 heteroatoms. The van der Waals surface area contributed by atoms with Gasteiger partial charge in [-0.05, 0) is 37.3 Å². The van der Waals surface area contributed by atoms with Gasteiger partial charge in [-0.2, -0.15) is 0 Å². The molecule has 1 aromatic heterocycles. The highest BCUT2D eigenvalue weighted by Crippen LogP contribution is 2.28. The minimum atomic E-state index is 0. The Morgan fingerprint density at radius 3 is 2.84 bits per heavy atom. The summed E-state index contributed by atoms with van der Waals surface area (Å²) in [4.78, 5) is 15.2. The van der Waals surface area contributed by atoms with Gasteiger partial charge >= 0.3 is 0 Å². The molecule has 25 heavy (non-hydrogen) atoms. The molecule has 0 unspecified atom stereocenters. The topological polar surface area (TPSA) is 56.3 Å². The second kappa shape index (κ2) is 8.87. The number of halogens is 1. The molecule has 0 aliphatic carbocycles. The number of para-hydroxylation sites is 2. The highest BCUT2D eigenvalue weighted by molar-refractivity contribution is 14.0. The number of likely N-dealkylation sites (tertiary alicyclic amines) is 1. The van der Waals surface area contributed by atoms with E-state index in [9.17, 15) is 0 Å². The van der Waals surface area contributed by atoms with E-state index in [0.717, 1.165) is 61.8 Å². The Hall–Kier alpha value is -1.31. The number of aromatic nitrogens is 2. The fourth-order valence-corrected chi connectivity index (χ4v) is 3.27. The van der Waals surface area contributed by atoms with Crippen molar-refractivity contribution in [1.82, 2.24) is 20.2 Å². The van der Waals surface area contributed by atoms with Gasteiger partial charge in [-0.3, -0.25) is 4.99 Å². The number of aliphatic imine (C=N–C) groups is 1. The van der Waals surface area contributed by atoms with Crippen LogP contribution in [0.3, 0.4) is 0 Å². The number of hydrogen-bond donors (Lipinski definition) is 2. The third kappa shape index (κ3) is 5.33. The lowest BCUT2D eigenvalue weighted by atomic mass is 9.93. The molecule has 2 heterocycles. The van der Waals surface area contributed by atoms with Gasteiger partial charge < -0.3 is 15.2 Å². The zero-order valence-electron chi connectivity index (χ0n) is 15.5. The molecule has 1 fully saturated rings. The highest BCUT2D eigenvalue weighted by atomic mass is 127. The normalized spacial score (nSPS) is 16.9. The van der Waals surface area contributed by atoms with Crippen molar-refractivity contribution >= 4 is 41.0 Å². The summed E-state index contributed by atoms with van der Waals surface area (Å²) < 4.78 is 0. The molecule has 5 nitrogen and oxygen atoms in total. The van der Waals surface area contributed by atoms with Gasteiger partial charge in [-0.25, -0.2) is 4.98 Å². The Labute approximate surface area is 167 Å². The molecule has 2 aromatic rings. The molecule has 138 valence electrons.